The molecule has 0 saturated carbocycles. The van der Waals surface area contributed by atoms with Gasteiger partial charge in [0, 0.05) is 18.0 Å². The van der Waals surface area contributed by atoms with Crippen LogP contribution in [0.3, 0.4) is 0 Å². The first kappa shape index (κ1) is 17.7. The summed E-state index contributed by atoms with van der Waals surface area (Å²) in [6, 6.07) is 5.56. The number of nitrogens with one attached hydrogen (secondary N) is 1. The number of hydrogen-bond donors (Lipinski definition) is 4. The van der Waals surface area contributed by atoms with Crippen molar-refractivity contribution in [1.29, 1.82) is 0 Å². The number of nitrogens with zero attached hydrogens (tertiary/aromatic N) is 1. The van der Waals surface area contributed by atoms with Crippen LogP contribution in [0.2, 0.25) is 0 Å². The number of carbonyl (C=O) groups is 1. The van der Waals surface area contributed by atoms with Gasteiger partial charge in [0.2, 0.25) is 0 Å². The number of aromatic amines is 1. The highest BCUT2D eigenvalue weighted by molar-refractivity contribution is 6.37. The molecule has 0 aliphatic heterocycles. The average molecular weight is 332 g/mol. The predicted octanol–water partition coefficient (Wildman–Crippen LogP) is 1.47. The van der Waals surface area contributed by atoms with Crippen molar-refractivity contribution in [3.8, 4) is 0 Å². The molecule has 0 aliphatic carbocycles. The molecule has 0 spiro atoms. The first-order valence-corrected chi connectivity index (χ1v) is 7.32. The SMILES string of the molecule is COC(=O)/C(Cc1c[nH]c2c(/C=C/C(C)(O)CO)cccc12)=N/O. The highest BCUT2D eigenvalue weighted by Gasteiger charge is 2.17. The third kappa shape index (κ3) is 3.81. The van der Waals surface area contributed by atoms with E-state index in [1.165, 1.54) is 20.1 Å². The molecule has 1 aromatic heterocycles. The van der Waals surface area contributed by atoms with Crippen molar-refractivity contribution < 1.29 is 25.0 Å². The van der Waals surface area contributed by atoms with E-state index in [1.807, 2.05) is 18.2 Å². The highest BCUT2D eigenvalue weighted by Crippen LogP contribution is 2.24. The first-order valence-electron chi connectivity index (χ1n) is 7.32. The Bertz CT molecular complexity index is 789. The molecule has 4 N–H and O–H groups in total. The van der Waals surface area contributed by atoms with Crippen LogP contribution in [-0.2, 0) is 16.0 Å². The lowest BCUT2D eigenvalue weighted by Gasteiger charge is -2.14. The van der Waals surface area contributed by atoms with Crippen molar-refractivity contribution in [2.75, 3.05) is 13.7 Å². The molecule has 0 bridgehead atoms. The molecule has 2 aromatic rings. The molecule has 128 valence electrons. The van der Waals surface area contributed by atoms with E-state index in [-0.39, 0.29) is 18.7 Å². The van der Waals surface area contributed by atoms with Crippen molar-refractivity contribution in [3.05, 3.63) is 41.6 Å². The second-order valence-electron chi connectivity index (χ2n) is 5.65. The number of rotatable bonds is 6. The average Bonchev–Trinajstić information content (AvgIpc) is 3.00. The molecule has 0 aliphatic rings. The summed E-state index contributed by atoms with van der Waals surface area (Å²) >= 11 is 0. The van der Waals surface area contributed by atoms with E-state index in [0.29, 0.717) is 0 Å². The minimum absolute atomic E-state index is 0.0949. The van der Waals surface area contributed by atoms with E-state index in [1.54, 1.807) is 12.3 Å². The third-order valence-corrected chi connectivity index (χ3v) is 3.68. The molecule has 1 atom stereocenters. The van der Waals surface area contributed by atoms with Crippen molar-refractivity contribution >= 4 is 28.7 Å². The van der Waals surface area contributed by atoms with Crippen molar-refractivity contribution in [3.63, 3.8) is 0 Å². The van der Waals surface area contributed by atoms with Crippen LogP contribution < -0.4 is 0 Å². The van der Waals surface area contributed by atoms with E-state index < -0.39 is 11.6 Å². The lowest BCUT2D eigenvalue weighted by atomic mass is 10.0. The van der Waals surface area contributed by atoms with E-state index in [4.69, 9.17) is 10.3 Å². The monoisotopic (exact) mass is 332 g/mol. The van der Waals surface area contributed by atoms with Gasteiger partial charge < -0.3 is 25.1 Å². The Labute approximate surface area is 138 Å². The molecular formula is C17H20N2O5. The van der Waals surface area contributed by atoms with Crippen LogP contribution >= 0.6 is 0 Å². The van der Waals surface area contributed by atoms with Crippen molar-refractivity contribution in [2.45, 2.75) is 18.9 Å². The molecule has 24 heavy (non-hydrogen) atoms. The summed E-state index contributed by atoms with van der Waals surface area (Å²) in [6.45, 7) is 1.12. The van der Waals surface area contributed by atoms with Gasteiger partial charge in [-0.2, -0.15) is 0 Å². The fraction of sp³-hybridized carbons (Fsp3) is 0.294. The van der Waals surface area contributed by atoms with Crippen molar-refractivity contribution in [1.82, 2.24) is 4.98 Å². The van der Waals surface area contributed by atoms with E-state index >= 15 is 0 Å². The molecule has 0 radical (unpaired) electrons. The largest absolute Gasteiger partial charge is 0.464 e. The molecular weight excluding hydrogens is 312 g/mol. The van der Waals surface area contributed by atoms with Gasteiger partial charge in [0.1, 0.15) is 5.60 Å². The summed E-state index contributed by atoms with van der Waals surface area (Å²) in [4.78, 5) is 14.6. The molecule has 7 nitrogen and oxygen atoms in total. The Morgan fingerprint density at radius 1 is 1.46 bits per heavy atom. The fourth-order valence-electron chi connectivity index (χ4n) is 2.29. The zero-order chi connectivity index (χ0) is 17.7. The number of methoxy groups -OCH3 is 1. The topological polar surface area (TPSA) is 115 Å². The molecule has 7 heteroatoms. The van der Waals surface area contributed by atoms with Gasteiger partial charge in [-0.05, 0) is 18.1 Å². The highest BCUT2D eigenvalue weighted by atomic mass is 16.5. The maximum Gasteiger partial charge on any atom is 0.356 e. The van der Waals surface area contributed by atoms with Gasteiger partial charge in [0.25, 0.3) is 0 Å². The minimum atomic E-state index is -1.31. The normalized spacial score (nSPS) is 14.9. The number of oxime groups is 1. The molecule has 2 rings (SSSR count). The summed E-state index contributed by atoms with van der Waals surface area (Å²) in [5.74, 6) is -0.693. The quantitative estimate of drug-likeness (QED) is 0.277. The Kier molecular flexibility index (Phi) is 5.38. The number of aliphatic hydroxyl groups excluding tert-OH is 1. The van der Waals surface area contributed by atoms with Crippen molar-refractivity contribution in [2.24, 2.45) is 5.16 Å². The lowest BCUT2D eigenvalue weighted by Crippen LogP contribution is -2.25. The summed E-state index contributed by atoms with van der Waals surface area (Å²) in [6.07, 6.45) is 5.06. The lowest BCUT2D eigenvalue weighted by molar-refractivity contribution is -0.133. The van der Waals surface area contributed by atoms with Gasteiger partial charge in [0.15, 0.2) is 5.71 Å². The van der Waals surface area contributed by atoms with Gasteiger partial charge in [-0.3, -0.25) is 0 Å². The zero-order valence-electron chi connectivity index (χ0n) is 13.5. The van der Waals surface area contributed by atoms with Crippen LogP contribution in [0.4, 0.5) is 0 Å². The van der Waals surface area contributed by atoms with E-state index in [0.717, 1.165) is 22.0 Å². The number of hydrogen-bond acceptors (Lipinski definition) is 6. The van der Waals surface area contributed by atoms with Gasteiger partial charge in [-0.1, -0.05) is 35.5 Å². The number of benzene rings is 1. The standard InChI is InChI=1S/C17H20N2O5/c1-17(22,10-20)7-6-11-4-3-5-13-12(9-18-15(11)13)8-14(19-23)16(21)24-2/h3-7,9,18,20,22-23H,8,10H2,1-2H3/b7-6+,19-14+. The molecule has 0 saturated heterocycles. The maximum atomic E-state index is 11.5. The number of H-pyrrole nitrogens is 1. The second-order valence-corrected chi connectivity index (χ2v) is 5.65. The number of aromatic nitrogens is 1. The third-order valence-electron chi connectivity index (χ3n) is 3.68. The smallest absolute Gasteiger partial charge is 0.356 e. The maximum absolute atomic E-state index is 11.5. The van der Waals surface area contributed by atoms with Crippen LogP contribution in [-0.4, -0.2) is 51.4 Å². The number of aliphatic hydroxyl groups is 2. The van der Waals surface area contributed by atoms with Crippen LogP contribution in [0.5, 0.6) is 0 Å². The second kappa shape index (κ2) is 7.29. The number of ether oxygens (including phenoxy) is 1. The summed E-state index contributed by atoms with van der Waals surface area (Å²) < 4.78 is 4.57. The molecule has 1 heterocycles. The number of para-hydroxylation sites is 1. The Hall–Kier alpha value is -2.64. The molecule has 1 unspecified atom stereocenters. The Morgan fingerprint density at radius 3 is 2.83 bits per heavy atom. The predicted molar refractivity (Wildman–Crippen MR) is 90.0 cm³/mol. The van der Waals surface area contributed by atoms with Crippen LogP contribution in [0.1, 0.15) is 18.1 Å². The summed E-state index contributed by atoms with van der Waals surface area (Å²) in [5, 5.41) is 31.8. The fourth-order valence-corrected chi connectivity index (χ4v) is 2.29. The number of fused-ring (bicyclic) bond motifs is 1. The molecule has 1 aromatic carbocycles. The van der Waals surface area contributed by atoms with Gasteiger partial charge in [-0.25, -0.2) is 4.79 Å². The van der Waals surface area contributed by atoms with Gasteiger partial charge >= 0.3 is 5.97 Å². The Balaban J connectivity index is 2.37. The minimum Gasteiger partial charge on any atom is -0.464 e. The first-order chi connectivity index (χ1) is 11.4. The van der Waals surface area contributed by atoms with Crippen LogP contribution in [0.15, 0.2) is 35.6 Å². The molecule has 0 fully saturated rings. The van der Waals surface area contributed by atoms with Crippen LogP contribution in [0.25, 0.3) is 17.0 Å². The number of esters is 1. The van der Waals surface area contributed by atoms with E-state index in [9.17, 15) is 9.90 Å². The van der Waals surface area contributed by atoms with Crippen LogP contribution in [0, 0.1) is 0 Å². The van der Waals surface area contributed by atoms with Gasteiger partial charge in [0.05, 0.1) is 19.2 Å². The summed E-state index contributed by atoms with van der Waals surface area (Å²) in [7, 11) is 1.22. The van der Waals surface area contributed by atoms with E-state index in [2.05, 4.69) is 14.9 Å². The van der Waals surface area contributed by atoms with Gasteiger partial charge in [-0.15, -0.1) is 0 Å². The number of carbonyl (C=O) groups excluding carboxylic acids is 1. The molecule has 0 amide bonds. The Morgan fingerprint density at radius 2 is 2.21 bits per heavy atom. The zero-order valence-corrected chi connectivity index (χ0v) is 13.5. The summed E-state index contributed by atoms with van der Waals surface area (Å²) in [5.41, 5.74) is 0.988.